The Labute approximate surface area is 153 Å². The summed E-state index contributed by atoms with van der Waals surface area (Å²) in [5, 5.41) is 12.1. The van der Waals surface area contributed by atoms with E-state index in [4.69, 9.17) is 4.74 Å². The Bertz CT molecular complexity index is 862. The van der Waals surface area contributed by atoms with Crippen molar-refractivity contribution in [3.8, 4) is 5.75 Å². The topological polar surface area (TPSA) is 64.9 Å². The molecule has 0 radical (unpaired) electrons. The first-order chi connectivity index (χ1) is 12.8. The van der Waals surface area contributed by atoms with Crippen LogP contribution in [0.3, 0.4) is 0 Å². The zero-order valence-corrected chi connectivity index (χ0v) is 14.9. The van der Waals surface area contributed by atoms with Gasteiger partial charge in [0, 0.05) is 49.1 Å². The van der Waals surface area contributed by atoms with Gasteiger partial charge in [-0.1, -0.05) is 24.3 Å². The maximum absolute atomic E-state index is 6.02. The lowest BCUT2D eigenvalue weighted by atomic mass is 10.1. The Kier molecular flexibility index (Phi) is 4.93. The molecule has 0 aliphatic carbocycles. The molecule has 3 heterocycles. The predicted octanol–water partition coefficient (Wildman–Crippen LogP) is 2.67. The highest BCUT2D eigenvalue weighted by Crippen LogP contribution is 2.21. The van der Waals surface area contributed by atoms with E-state index in [1.807, 2.05) is 37.4 Å². The summed E-state index contributed by atoms with van der Waals surface area (Å²) in [7, 11) is 0. The maximum Gasteiger partial charge on any atom is 0.133 e. The second kappa shape index (κ2) is 7.66. The van der Waals surface area contributed by atoms with E-state index in [2.05, 4.69) is 37.2 Å². The number of benzene rings is 1. The maximum atomic E-state index is 6.02. The predicted molar refractivity (Wildman–Crippen MR) is 98.7 cm³/mol. The monoisotopic (exact) mass is 349 g/mol. The van der Waals surface area contributed by atoms with Crippen LogP contribution in [0.15, 0.2) is 48.8 Å². The molecule has 0 fully saturated rings. The van der Waals surface area contributed by atoms with E-state index in [0.717, 1.165) is 48.9 Å². The van der Waals surface area contributed by atoms with Crippen molar-refractivity contribution in [1.82, 2.24) is 25.1 Å². The number of aryl methyl sites for hydroxylation is 2. The van der Waals surface area contributed by atoms with Crippen LogP contribution in [0, 0.1) is 6.92 Å². The molecular formula is C20H23N5O. The van der Waals surface area contributed by atoms with Crippen LogP contribution in [0.4, 0.5) is 0 Å². The van der Waals surface area contributed by atoms with Gasteiger partial charge in [0.05, 0.1) is 0 Å². The molecule has 134 valence electrons. The summed E-state index contributed by atoms with van der Waals surface area (Å²) in [6, 6.07) is 12.6. The van der Waals surface area contributed by atoms with Crippen LogP contribution >= 0.6 is 0 Å². The number of nitrogens with zero attached hydrogens (tertiary/aromatic N) is 4. The molecule has 3 aromatic rings. The summed E-state index contributed by atoms with van der Waals surface area (Å²) in [5.41, 5.74) is 2.24. The van der Waals surface area contributed by atoms with E-state index in [1.165, 1.54) is 5.56 Å². The van der Waals surface area contributed by atoms with Gasteiger partial charge in [-0.25, -0.2) is 0 Å². The molecule has 1 unspecified atom stereocenters. The highest BCUT2D eigenvalue weighted by Gasteiger charge is 2.21. The minimum Gasteiger partial charge on any atom is -0.489 e. The van der Waals surface area contributed by atoms with E-state index < -0.39 is 0 Å². The molecule has 1 N–H and O–H groups in total. The van der Waals surface area contributed by atoms with E-state index in [-0.39, 0.29) is 0 Å². The van der Waals surface area contributed by atoms with Gasteiger partial charge in [0.1, 0.15) is 24.0 Å². The molecule has 4 rings (SSSR count). The van der Waals surface area contributed by atoms with Crippen molar-refractivity contribution in [2.75, 3.05) is 0 Å². The molecule has 0 amide bonds. The molecule has 6 nitrogen and oxygen atoms in total. The molecule has 1 aliphatic heterocycles. The number of ether oxygens (including phenoxy) is 1. The van der Waals surface area contributed by atoms with Crippen LogP contribution < -0.4 is 10.1 Å². The average molecular weight is 349 g/mol. The van der Waals surface area contributed by atoms with E-state index >= 15 is 0 Å². The summed E-state index contributed by atoms with van der Waals surface area (Å²) in [6.45, 7) is 4.25. The molecular weight excluding hydrogens is 326 g/mol. The van der Waals surface area contributed by atoms with Crippen molar-refractivity contribution < 1.29 is 4.74 Å². The van der Waals surface area contributed by atoms with E-state index in [9.17, 15) is 0 Å². The van der Waals surface area contributed by atoms with Crippen LogP contribution in [0.1, 0.15) is 29.2 Å². The number of nitrogens with one attached hydrogen (secondary N) is 1. The standard InChI is InChI=1S/C20H23N5O/c1-15-23-24-20-9-8-18(13-25(15)20)22-12-17-6-2-3-7-19(17)26-14-16-5-4-10-21-11-16/h2-7,10-11,18,22H,8-9,12-14H2,1H3. The minimum atomic E-state index is 0.420. The van der Waals surface area contributed by atoms with Gasteiger partial charge in [-0.15, -0.1) is 10.2 Å². The van der Waals surface area contributed by atoms with Gasteiger partial charge in [0.2, 0.25) is 0 Å². The van der Waals surface area contributed by atoms with Gasteiger partial charge < -0.3 is 14.6 Å². The number of para-hydroxylation sites is 1. The van der Waals surface area contributed by atoms with Crippen molar-refractivity contribution >= 4 is 0 Å². The summed E-state index contributed by atoms with van der Waals surface area (Å²) >= 11 is 0. The number of rotatable bonds is 6. The quantitative estimate of drug-likeness (QED) is 0.741. The zero-order valence-electron chi connectivity index (χ0n) is 14.9. The molecule has 2 aromatic heterocycles. The lowest BCUT2D eigenvalue weighted by Gasteiger charge is -2.25. The Morgan fingerprint density at radius 2 is 2.12 bits per heavy atom. The van der Waals surface area contributed by atoms with Crippen molar-refractivity contribution in [2.45, 2.75) is 45.5 Å². The number of aromatic nitrogens is 4. The first-order valence-electron chi connectivity index (χ1n) is 9.01. The average Bonchev–Trinajstić information content (AvgIpc) is 3.06. The van der Waals surface area contributed by atoms with Gasteiger partial charge in [0.25, 0.3) is 0 Å². The van der Waals surface area contributed by atoms with Crippen LogP contribution in [0.5, 0.6) is 5.75 Å². The molecule has 1 aliphatic rings. The fourth-order valence-electron chi connectivity index (χ4n) is 3.32. The van der Waals surface area contributed by atoms with E-state index in [0.29, 0.717) is 12.6 Å². The second-order valence-electron chi connectivity index (χ2n) is 6.65. The summed E-state index contributed by atoms with van der Waals surface area (Å²) in [6.07, 6.45) is 5.66. The van der Waals surface area contributed by atoms with Crippen LogP contribution in [0.2, 0.25) is 0 Å². The molecule has 6 heteroatoms. The number of fused-ring (bicyclic) bond motifs is 1. The number of pyridine rings is 1. The Hall–Kier alpha value is -2.73. The highest BCUT2D eigenvalue weighted by atomic mass is 16.5. The Morgan fingerprint density at radius 1 is 1.19 bits per heavy atom. The molecule has 0 saturated carbocycles. The molecule has 0 saturated heterocycles. The fourth-order valence-corrected chi connectivity index (χ4v) is 3.32. The fraction of sp³-hybridized carbons (Fsp3) is 0.350. The summed E-state index contributed by atoms with van der Waals surface area (Å²) < 4.78 is 8.24. The zero-order chi connectivity index (χ0) is 17.8. The van der Waals surface area contributed by atoms with Crippen molar-refractivity contribution in [3.63, 3.8) is 0 Å². The second-order valence-corrected chi connectivity index (χ2v) is 6.65. The van der Waals surface area contributed by atoms with Gasteiger partial charge in [-0.3, -0.25) is 4.98 Å². The van der Waals surface area contributed by atoms with Crippen molar-refractivity contribution in [1.29, 1.82) is 0 Å². The van der Waals surface area contributed by atoms with Crippen LogP contribution in [0.25, 0.3) is 0 Å². The largest absolute Gasteiger partial charge is 0.489 e. The summed E-state index contributed by atoms with van der Waals surface area (Å²) in [5.74, 6) is 3.01. The number of hydrogen-bond acceptors (Lipinski definition) is 5. The molecule has 0 bridgehead atoms. The third-order valence-corrected chi connectivity index (χ3v) is 4.80. The van der Waals surface area contributed by atoms with Gasteiger partial charge in [-0.2, -0.15) is 0 Å². The van der Waals surface area contributed by atoms with Crippen molar-refractivity contribution in [3.05, 3.63) is 71.6 Å². The molecule has 0 spiro atoms. The van der Waals surface area contributed by atoms with Gasteiger partial charge >= 0.3 is 0 Å². The molecule has 1 atom stereocenters. The molecule has 26 heavy (non-hydrogen) atoms. The first kappa shape index (κ1) is 16.7. The first-order valence-corrected chi connectivity index (χ1v) is 9.01. The SMILES string of the molecule is Cc1nnc2n1CC(NCc1ccccc1OCc1cccnc1)CC2. The lowest BCUT2D eigenvalue weighted by Crippen LogP contribution is -2.37. The van der Waals surface area contributed by atoms with Gasteiger partial charge in [-0.05, 0) is 25.5 Å². The van der Waals surface area contributed by atoms with Gasteiger partial charge in [0.15, 0.2) is 0 Å². The smallest absolute Gasteiger partial charge is 0.133 e. The normalized spacial score (nSPS) is 16.3. The van der Waals surface area contributed by atoms with Crippen LogP contribution in [-0.4, -0.2) is 25.8 Å². The number of hydrogen-bond donors (Lipinski definition) is 1. The minimum absolute atomic E-state index is 0.420. The van der Waals surface area contributed by atoms with Crippen molar-refractivity contribution in [2.24, 2.45) is 0 Å². The molecule has 1 aromatic carbocycles. The summed E-state index contributed by atoms with van der Waals surface area (Å²) in [4.78, 5) is 4.13. The third-order valence-electron chi connectivity index (χ3n) is 4.80. The van der Waals surface area contributed by atoms with E-state index in [1.54, 1.807) is 6.20 Å². The van der Waals surface area contributed by atoms with Crippen LogP contribution in [-0.2, 0) is 26.1 Å². The Balaban J connectivity index is 1.37. The lowest BCUT2D eigenvalue weighted by molar-refractivity contribution is 0.299. The third kappa shape index (κ3) is 3.75. The Morgan fingerprint density at radius 3 is 3.00 bits per heavy atom. The highest BCUT2D eigenvalue weighted by molar-refractivity contribution is 5.33.